The molecule has 1 aliphatic heterocycles. The summed E-state index contributed by atoms with van der Waals surface area (Å²) in [5.41, 5.74) is 0.579. The van der Waals surface area contributed by atoms with E-state index < -0.39 is 0 Å². The molecule has 4 nitrogen and oxygen atoms in total. The van der Waals surface area contributed by atoms with Gasteiger partial charge in [0.2, 0.25) is 0 Å². The number of carbonyl (C=O) groups is 1. The number of morpholine rings is 1. The highest BCUT2D eigenvalue weighted by molar-refractivity contribution is 9.10. The van der Waals surface area contributed by atoms with E-state index in [1.165, 1.54) is 0 Å². The van der Waals surface area contributed by atoms with Crippen LogP contribution in [-0.2, 0) is 4.74 Å². The highest BCUT2D eigenvalue weighted by atomic mass is 79.9. The van der Waals surface area contributed by atoms with Gasteiger partial charge >= 0.3 is 0 Å². The van der Waals surface area contributed by atoms with Crippen LogP contribution in [0.4, 0.5) is 0 Å². The van der Waals surface area contributed by atoms with E-state index in [1.807, 2.05) is 0 Å². The van der Waals surface area contributed by atoms with Crippen molar-refractivity contribution >= 4 is 33.4 Å². The van der Waals surface area contributed by atoms with Crippen molar-refractivity contribution in [2.45, 2.75) is 12.8 Å². The van der Waals surface area contributed by atoms with Crippen LogP contribution in [0.2, 0.25) is 5.02 Å². The second-order valence-corrected chi connectivity index (χ2v) is 6.33. The zero-order valence-corrected chi connectivity index (χ0v) is 14.3. The predicted molar refractivity (Wildman–Crippen MR) is 88.0 cm³/mol. The quantitative estimate of drug-likeness (QED) is 0.777. The fourth-order valence-corrected chi connectivity index (χ4v) is 2.85. The summed E-state index contributed by atoms with van der Waals surface area (Å²) < 4.78 is 6.08. The highest BCUT2D eigenvalue weighted by Gasteiger charge is 2.11. The fourth-order valence-electron chi connectivity index (χ4n) is 2.25. The van der Waals surface area contributed by atoms with E-state index in [2.05, 4.69) is 26.1 Å². The smallest absolute Gasteiger partial charge is 0.252 e. The van der Waals surface area contributed by atoms with Crippen LogP contribution in [0, 0.1) is 0 Å². The van der Waals surface area contributed by atoms with Crippen LogP contribution < -0.4 is 5.32 Å². The zero-order chi connectivity index (χ0) is 15.1. The number of amides is 1. The van der Waals surface area contributed by atoms with Crippen LogP contribution >= 0.6 is 27.5 Å². The second kappa shape index (κ2) is 8.73. The summed E-state index contributed by atoms with van der Waals surface area (Å²) in [4.78, 5) is 14.5. The number of nitrogens with zero attached hydrogens (tertiary/aromatic N) is 1. The van der Waals surface area contributed by atoms with Crippen molar-refractivity contribution in [2.24, 2.45) is 0 Å². The number of rotatable bonds is 6. The van der Waals surface area contributed by atoms with E-state index >= 15 is 0 Å². The first-order valence-corrected chi connectivity index (χ1v) is 8.37. The van der Waals surface area contributed by atoms with Gasteiger partial charge in [-0.3, -0.25) is 9.69 Å². The van der Waals surface area contributed by atoms with Crippen molar-refractivity contribution in [2.75, 3.05) is 39.4 Å². The lowest BCUT2D eigenvalue weighted by Gasteiger charge is -2.26. The van der Waals surface area contributed by atoms with Crippen molar-refractivity contribution in [3.63, 3.8) is 0 Å². The maximum atomic E-state index is 12.1. The van der Waals surface area contributed by atoms with Gasteiger partial charge in [0.1, 0.15) is 0 Å². The molecule has 1 aliphatic rings. The van der Waals surface area contributed by atoms with Crippen LogP contribution in [0.3, 0.4) is 0 Å². The highest BCUT2D eigenvalue weighted by Crippen LogP contribution is 2.20. The second-order valence-electron chi connectivity index (χ2n) is 5.04. The lowest BCUT2D eigenvalue weighted by molar-refractivity contribution is 0.0372. The molecule has 2 rings (SSSR count). The summed E-state index contributed by atoms with van der Waals surface area (Å²) in [7, 11) is 0. The average Bonchev–Trinajstić information content (AvgIpc) is 2.50. The molecule has 116 valence electrons. The Balaban J connectivity index is 1.66. The topological polar surface area (TPSA) is 41.6 Å². The van der Waals surface area contributed by atoms with Gasteiger partial charge in [-0.2, -0.15) is 0 Å². The number of carbonyl (C=O) groups excluding carboxylic acids is 1. The van der Waals surface area contributed by atoms with Crippen molar-refractivity contribution < 1.29 is 9.53 Å². The number of hydrogen-bond donors (Lipinski definition) is 1. The molecule has 1 amide bonds. The van der Waals surface area contributed by atoms with Gasteiger partial charge in [-0.15, -0.1) is 0 Å². The number of hydrogen-bond acceptors (Lipinski definition) is 3. The summed E-state index contributed by atoms with van der Waals surface area (Å²) in [6.45, 7) is 5.45. The minimum atomic E-state index is -0.0873. The van der Waals surface area contributed by atoms with Crippen molar-refractivity contribution in [1.29, 1.82) is 0 Å². The monoisotopic (exact) mass is 374 g/mol. The largest absolute Gasteiger partial charge is 0.379 e. The molecule has 0 radical (unpaired) electrons. The Kier molecular flexibility index (Phi) is 6.96. The molecule has 0 spiro atoms. The summed E-state index contributed by atoms with van der Waals surface area (Å²) in [5.74, 6) is -0.0873. The number of unbranched alkanes of at least 4 members (excludes halogenated alkanes) is 1. The molecule has 1 heterocycles. The summed E-state index contributed by atoms with van der Waals surface area (Å²) in [6.07, 6.45) is 2.05. The number of nitrogens with one attached hydrogen (secondary N) is 1. The van der Waals surface area contributed by atoms with Gasteiger partial charge in [0.25, 0.3) is 5.91 Å². The Bertz CT molecular complexity index is 479. The number of halogens is 2. The summed E-state index contributed by atoms with van der Waals surface area (Å²) >= 11 is 9.28. The van der Waals surface area contributed by atoms with Gasteiger partial charge in [0.15, 0.2) is 0 Å². The van der Waals surface area contributed by atoms with Crippen LogP contribution in [0.5, 0.6) is 0 Å². The molecule has 0 unspecified atom stereocenters. The number of ether oxygens (including phenoxy) is 1. The van der Waals surface area contributed by atoms with Gasteiger partial charge in [-0.25, -0.2) is 0 Å². The average molecular weight is 376 g/mol. The Labute approximate surface area is 138 Å². The van der Waals surface area contributed by atoms with E-state index in [-0.39, 0.29) is 5.91 Å². The Morgan fingerprint density at radius 1 is 1.33 bits per heavy atom. The van der Waals surface area contributed by atoms with Gasteiger partial charge in [0.05, 0.1) is 18.8 Å². The molecule has 1 N–H and O–H groups in total. The van der Waals surface area contributed by atoms with Crippen LogP contribution in [-0.4, -0.2) is 50.2 Å². The third kappa shape index (κ3) is 5.58. The van der Waals surface area contributed by atoms with E-state index in [4.69, 9.17) is 16.3 Å². The van der Waals surface area contributed by atoms with Crippen molar-refractivity contribution in [3.8, 4) is 0 Å². The Morgan fingerprint density at radius 3 is 2.86 bits per heavy atom. The Hall–Kier alpha value is -0.620. The normalized spacial score (nSPS) is 15.9. The zero-order valence-electron chi connectivity index (χ0n) is 11.9. The molecule has 0 bridgehead atoms. The van der Waals surface area contributed by atoms with Crippen molar-refractivity contribution in [1.82, 2.24) is 10.2 Å². The van der Waals surface area contributed by atoms with Gasteiger partial charge in [-0.05, 0) is 53.5 Å². The molecule has 6 heteroatoms. The summed E-state index contributed by atoms with van der Waals surface area (Å²) in [6, 6.07) is 5.22. The predicted octanol–water partition coefficient (Wildman–Crippen LogP) is 2.94. The molecule has 1 fully saturated rings. The first-order chi connectivity index (χ1) is 10.2. The molecule has 1 saturated heterocycles. The third-order valence-electron chi connectivity index (χ3n) is 3.46. The molecular formula is C15H20BrClN2O2. The molecule has 0 aliphatic carbocycles. The van der Waals surface area contributed by atoms with Crippen LogP contribution in [0.1, 0.15) is 23.2 Å². The first kappa shape index (κ1) is 16.7. The standard InChI is InChI=1S/C15H20BrClN2O2/c16-14-4-3-12(17)11-13(14)15(20)18-5-1-2-6-19-7-9-21-10-8-19/h3-4,11H,1-2,5-10H2,(H,18,20). The van der Waals surface area contributed by atoms with Crippen molar-refractivity contribution in [3.05, 3.63) is 33.3 Å². The number of benzene rings is 1. The van der Waals surface area contributed by atoms with Crippen LogP contribution in [0.15, 0.2) is 22.7 Å². The SMILES string of the molecule is O=C(NCCCCN1CCOCC1)c1cc(Cl)ccc1Br. The van der Waals surface area contributed by atoms with Gasteiger partial charge in [-0.1, -0.05) is 11.6 Å². The minimum Gasteiger partial charge on any atom is -0.379 e. The van der Waals surface area contributed by atoms with E-state index in [1.54, 1.807) is 18.2 Å². The minimum absolute atomic E-state index is 0.0873. The van der Waals surface area contributed by atoms with E-state index in [0.717, 1.165) is 50.2 Å². The molecule has 0 saturated carbocycles. The van der Waals surface area contributed by atoms with E-state index in [0.29, 0.717) is 17.1 Å². The molecule has 1 aromatic carbocycles. The lowest BCUT2D eigenvalue weighted by Crippen LogP contribution is -2.37. The third-order valence-corrected chi connectivity index (χ3v) is 4.39. The molecule has 0 atom stereocenters. The molecular weight excluding hydrogens is 356 g/mol. The van der Waals surface area contributed by atoms with Crippen LogP contribution in [0.25, 0.3) is 0 Å². The maximum Gasteiger partial charge on any atom is 0.252 e. The lowest BCUT2D eigenvalue weighted by atomic mass is 10.2. The van der Waals surface area contributed by atoms with E-state index in [9.17, 15) is 4.79 Å². The maximum absolute atomic E-state index is 12.1. The molecule has 21 heavy (non-hydrogen) atoms. The molecule has 1 aromatic rings. The first-order valence-electron chi connectivity index (χ1n) is 7.20. The van der Waals surface area contributed by atoms with Gasteiger partial charge < -0.3 is 10.1 Å². The summed E-state index contributed by atoms with van der Waals surface area (Å²) in [5, 5.41) is 3.50. The van der Waals surface area contributed by atoms with Gasteiger partial charge in [0, 0.05) is 29.1 Å². The molecule has 0 aromatic heterocycles. The Morgan fingerprint density at radius 2 is 2.10 bits per heavy atom. The fraction of sp³-hybridized carbons (Fsp3) is 0.533.